The minimum atomic E-state index is -0.851. The number of aromatic nitrogens is 1. The van der Waals surface area contributed by atoms with E-state index in [4.69, 9.17) is 14.2 Å². The Bertz CT molecular complexity index is 1700. The zero-order valence-corrected chi connectivity index (χ0v) is 23.5. The Hall–Kier alpha value is -3.70. The summed E-state index contributed by atoms with van der Waals surface area (Å²) in [6, 6.07) is 9.80. The number of allylic oxidation sites excluding steroid dienone is 1. The first-order valence-corrected chi connectivity index (χ1v) is 13.5. The van der Waals surface area contributed by atoms with Crippen LogP contribution in [0.25, 0.3) is 5.57 Å². The number of hydrogen-bond acceptors (Lipinski definition) is 8. The fraction of sp³-hybridized carbons (Fsp3) is 0.259. The lowest BCUT2D eigenvalue weighted by molar-refractivity contribution is -0.139. The van der Waals surface area contributed by atoms with Gasteiger partial charge in [-0.2, -0.15) is 0 Å². The van der Waals surface area contributed by atoms with Crippen molar-refractivity contribution >= 4 is 50.4 Å². The maximum absolute atomic E-state index is 14.1. The predicted octanol–water partition coefficient (Wildman–Crippen LogP) is 3.29. The van der Waals surface area contributed by atoms with Crippen molar-refractivity contribution < 1.29 is 23.8 Å². The average Bonchev–Trinajstić information content (AvgIpc) is 3.37. The van der Waals surface area contributed by atoms with Crippen molar-refractivity contribution in [1.29, 1.82) is 0 Å². The first-order valence-electron chi connectivity index (χ1n) is 11.9. The number of nitrogens with zero attached hydrogens (tertiary/aromatic N) is 2. The summed E-state index contributed by atoms with van der Waals surface area (Å²) >= 11 is 4.56. The van der Waals surface area contributed by atoms with Crippen molar-refractivity contribution in [2.75, 3.05) is 25.6 Å². The third-order valence-corrected chi connectivity index (χ3v) is 7.80. The zero-order valence-electron chi connectivity index (χ0n) is 21.1. The van der Waals surface area contributed by atoms with Crippen molar-refractivity contribution in [3.63, 3.8) is 0 Å². The van der Waals surface area contributed by atoms with Crippen LogP contribution < -0.4 is 29.7 Å². The topological polar surface area (TPSA) is 108 Å². The molecule has 38 heavy (non-hydrogen) atoms. The number of fused-ring (bicyclic) bond motifs is 2. The van der Waals surface area contributed by atoms with Crippen LogP contribution in [0.1, 0.15) is 37.9 Å². The molecule has 0 saturated carbocycles. The van der Waals surface area contributed by atoms with E-state index in [1.165, 1.54) is 4.57 Å². The highest BCUT2D eigenvalue weighted by atomic mass is 79.9. The summed E-state index contributed by atoms with van der Waals surface area (Å²) in [4.78, 5) is 45.2. The van der Waals surface area contributed by atoms with Gasteiger partial charge in [-0.05, 0) is 56.7 Å². The second-order valence-electron chi connectivity index (χ2n) is 8.49. The largest absolute Gasteiger partial charge is 0.493 e. The van der Waals surface area contributed by atoms with Crippen molar-refractivity contribution in [2.45, 2.75) is 26.8 Å². The molecule has 0 spiro atoms. The second kappa shape index (κ2) is 10.2. The lowest BCUT2D eigenvalue weighted by Gasteiger charge is -2.25. The standard InChI is InChI=1S/C27H24BrN3O6S/c1-5-36-19-11-14(7-10-18(19)35-4)22-20(26(34)37-6-2)13(3)29-27-31(22)25(33)23(38-27)21-16-12-15(28)8-9-17(16)30-24(21)32/h7-12,22H,5-6H2,1-4H3,(H,30,32)/b23-21-/t22-/m1/s1. The molecule has 196 valence electrons. The molecule has 2 aromatic carbocycles. The summed E-state index contributed by atoms with van der Waals surface area (Å²) < 4.78 is 19.0. The Morgan fingerprint density at radius 3 is 2.63 bits per heavy atom. The average molecular weight is 598 g/mol. The van der Waals surface area contributed by atoms with E-state index in [1.807, 2.05) is 13.0 Å². The summed E-state index contributed by atoms with van der Waals surface area (Å²) in [5.41, 5.74) is 2.36. The van der Waals surface area contributed by atoms with Gasteiger partial charge in [-0.15, -0.1) is 0 Å². The van der Waals surface area contributed by atoms with E-state index in [0.29, 0.717) is 45.4 Å². The third-order valence-electron chi connectivity index (χ3n) is 6.25. The summed E-state index contributed by atoms with van der Waals surface area (Å²) in [6.07, 6.45) is 0. The molecule has 2 aliphatic rings. The van der Waals surface area contributed by atoms with E-state index in [9.17, 15) is 14.4 Å². The van der Waals surface area contributed by atoms with Gasteiger partial charge in [0.05, 0.1) is 43.2 Å². The molecule has 1 amide bonds. The van der Waals surface area contributed by atoms with E-state index >= 15 is 0 Å². The number of methoxy groups -OCH3 is 1. The third kappa shape index (κ3) is 4.25. The van der Waals surface area contributed by atoms with Gasteiger partial charge >= 0.3 is 5.97 Å². The predicted molar refractivity (Wildman–Crippen MR) is 146 cm³/mol. The number of carbonyl (C=O) groups excluding carboxylic acids is 2. The number of halogens is 1. The van der Waals surface area contributed by atoms with Crippen molar-refractivity contribution in [2.24, 2.45) is 4.99 Å². The van der Waals surface area contributed by atoms with Gasteiger partial charge in [-0.3, -0.25) is 14.2 Å². The maximum Gasteiger partial charge on any atom is 0.338 e. The molecule has 0 radical (unpaired) electrons. The first-order chi connectivity index (χ1) is 18.3. The number of esters is 1. The van der Waals surface area contributed by atoms with Crippen LogP contribution in [0.4, 0.5) is 5.69 Å². The number of amides is 1. The van der Waals surface area contributed by atoms with E-state index in [2.05, 4.69) is 26.2 Å². The molecule has 3 aromatic rings. The van der Waals surface area contributed by atoms with Crippen LogP contribution in [0.5, 0.6) is 11.5 Å². The SMILES string of the molecule is CCOC(=O)C1=C(C)N=c2s/c(=C3\C(=O)Nc4ccc(Br)cc43)c(=O)n2[C@@H]1c1ccc(OC)c(OCC)c1. The van der Waals surface area contributed by atoms with Crippen LogP contribution in [0.15, 0.2) is 61.9 Å². The van der Waals surface area contributed by atoms with E-state index < -0.39 is 17.6 Å². The molecular weight excluding hydrogens is 574 g/mol. The maximum atomic E-state index is 14.1. The number of ether oxygens (including phenoxy) is 3. The quantitative estimate of drug-likeness (QED) is 0.437. The molecule has 3 heterocycles. The summed E-state index contributed by atoms with van der Waals surface area (Å²) in [7, 11) is 1.54. The summed E-state index contributed by atoms with van der Waals surface area (Å²) in [6.45, 7) is 5.84. The smallest absolute Gasteiger partial charge is 0.338 e. The Labute approximate surface area is 230 Å². The molecule has 0 bridgehead atoms. The lowest BCUT2D eigenvalue weighted by Crippen LogP contribution is -2.40. The second-order valence-corrected chi connectivity index (χ2v) is 10.4. The molecule has 0 saturated heterocycles. The van der Waals surface area contributed by atoms with Gasteiger partial charge in [0.15, 0.2) is 16.3 Å². The number of rotatable bonds is 6. The van der Waals surface area contributed by atoms with Gasteiger partial charge < -0.3 is 19.5 Å². The fourth-order valence-corrected chi connectivity index (χ4v) is 6.16. The molecule has 11 heteroatoms. The molecule has 1 atom stereocenters. The molecule has 1 aromatic heterocycles. The van der Waals surface area contributed by atoms with Crippen LogP contribution in [0.2, 0.25) is 0 Å². The minimum Gasteiger partial charge on any atom is -0.493 e. The van der Waals surface area contributed by atoms with Crippen LogP contribution in [-0.2, 0) is 14.3 Å². The van der Waals surface area contributed by atoms with E-state index in [-0.39, 0.29) is 28.2 Å². The summed E-state index contributed by atoms with van der Waals surface area (Å²) in [5.74, 6) is 0.0559. The lowest BCUT2D eigenvalue weighted by atomic mass is 9.95. The van der Waals surface area contributed by atoms with E-state index in [1.54, 1.807) is 51.3 Å². The Morgan fingerprint density at radius 1 is 1.13 bits per heavy atom. The molecular formula is C27H24BrN3O6S. The van der Waals surface area contributed by atoms with E-state index in [0.717, 1.165) is 15.8 Å². The minimum absolute atomic E-state index is 0.162. The van der Waals surface area contributed by atoms with Crippen molar-refractivity contribution in [3.05, 3.63) is 83.0 Å². The number of benzene rings is 2. The summed E-state index contributed by atoms with van der Waals surface area (Å²) in [5, 5.41) is 2.83. The molecule has 9 nitrogen and oxygen atoms in total. The molecule has 2 aliphatic heterocycles. The first kappa shape index (κ1) is 25.9. The van der Waals surface area contributed by atoms with Crippen LogP contribution >= 0.6 is 27.3 Å². The van der Waals surface area contributed by atoms with Crippen LogP contribution in [-0.4, -0.2) is 36.8 Å². The molecule has 5 rings (SSSR count). The molecule has 0 fully saturated rings. The van der Waals surface area contributed by atoms with Crippen molar-refractivity contribution in [3.8, 4) is 11.5 Å². The van der Waals surface area contributed by atoms with Gasteiger partial charge in [0.2, 0.25) is 0 Å². The van der Waals surface area contributed by atoms with Crippen molar-refractivity contribution in [1.82, 2.24) is 4.57 Å². The fourth-order valence-electron chi connectivity index (χ4n) is 4.65. The number of hydrogen-bond donors (Lipinski definition) is 1. The van der Waals surface area contributed by atoms with Crippen LogP contribution in [0, 0.1) is 0 Å². The Balaban J connectivity index is 1.81. The molecule has 0 aliphatic carbocycles. The van der Waals surface area contributed by atoms with Gasteiger partial charge in [0, 0.05) is 15.7 Å². The Morgan fingerprint density at radius 2 is 1.92 bits per heavy atom. The normalized spacial score (nSPS) is 17.4. The van der Waals surface area contributed by atoms with Gasteiger partial charge in [0.25, 0.3) is 11.5 Å². The number of anilines is 1. The van der Waals surface area contributed by atoms with Gasteiger partial charge in [0.1, 0.15) is 4.53 Å². The highest BCUT2D eigenvalue weighted by Gasteiger charge is 2.35. The Kier molecular flexibility index (Phi) is 6.97. The molecule has 1 N–H and O–H groups in total. The highest BCUT2D eigenvalue weighted by Crippen LogP contribution is 2.37. The molecule has 0 unspecified atom stereocenters. The highest BCUT2D eigenvalue weighted by molar-refractivity contribution is 9.10. The number of nitrogens with one attached hydrogen (secondary N) is 1. The monoisotopic (exact) mass is 597 g/mol. The van der Waals surface area contributed by atoms with Crippen LogP contribution in [0.3, 0.4) is 0 Å². The van der Waals surface area contributed by atoms with Gasteiger partial charge in [-0.25, -0.2) is 9.79 Å². The van der Waals surface area contributed by atoms with Gasteiger partial charge in [-0.1, -0.05) is 33.3 Å². The number of carbonyl (C=O) groups is 2. The zero-order chi connectivity index (χ0) is 27.1. The number of thiazole rings is 1.